The number of benzene rings is 2. The van der Waals surface area contributed by atoms with E-state index in [1.165, 1.54) is 0 Å². The van der Waals surface area contributed by atoms with Crippen LogP contribution in [0, 0.1) is 0 Å². The van der Waals surface area contributed by atoms with Crippen LogP contribution in [0.3, 0.4) is 0 Å². The molecule has 0 atom stereocenters. The van der Waals surface area contributed by atoms with E-state index in [1.807, 2.05) is 30.3 Å². The van der Waals surface area contributed by atoms with Crippen LogP contribution in [0.1, 0.15) is 15.9 Å². The van der Waals surface area contributed by atoms with Gasteiger partial charge in [0, 0.05) is 12.0 Å². The summed E-state index contributed by atoms with van der Waals surface area (Å²) in [6.07, 6.45) is 0.613. The highest BCUT2D eigenvalue weighted by Gasteiger charge is 2.08. The van der Waals surface area contributed by atoms with Crippen molar-refractivity contribution in [1.82, 2.24) is 5.32 Å². The number of nitrogens with one attached hydrogen (secondary N) is 1. The fourth-order valence-electron chi connectivity index (χ4n) is 1.97. The van der Waals surface area contributed by atoms with E-state index in [1.54, 1.807) is 31.4 Å². The van der Waals surface area contributed by atoms with Crippen molar-refractivity contribution in [2.45, 2.75) is 6.42 Å². The Labute approximate surface area is 135 Å². The molecule has 1 N–H and O–H groups in total. The number of ether oxygens (including phenoxy) is 2. The molecule has 0 unspecified atom stereocenters. The molecule has 1 amide bonds. The third kappa shape index (κ3) is 5.47. The Morgan fingerprint density at radius 1 is 1.00 bits per heavy atom. The molecule has 0 aliphatic carbocycles. The van der Waals surface area contributed by atoms with Gasteiger partial charge in [-0.2, -0.15) is 0 Å². The van der Waals surface area contributed by atoms with Gasteiger partial charge < -0.3 is 14.8 Å². The molecule has 120 valence electrons. The van der Waals surface area contributed by atoms with E-state index in [0.717, 1.165) is 11.3 Å². The smallest absolute Gasteiger partial charge is 0.325 e. The average molecular weight is 313 g/mol. The third-order valence-electron chi connectivity index (χ3n) is 3.24. The highest BCUT2D eigenvalue weighted by molar-refractivity contribution is 5.95. The number of hydrogen-bond acceptors (Lipinski definition) is 4. The first-order valence-electron chi connectivity index (χ1n) is 7.31. The van der Waals surface area contributed by atoms with Gasteiger partial charge in [0.2, 0.25) is 0 Å². The SMILES string of the molecule is COc1ccc(CCOC(=O)CNC(=O)c2ccccc2)cc1. The van der Waals surface area contributed by atoms with Crippen molar-refractivity contribution in [3.63, 3.8) is 0 Å². The molecule has 0 spiro atoms. The minimum Gasteiger partial charge on any atom is -0.497 e. The van der Waals surface area contributed by atoms with Crippen LogP contribution in [0.25, 0.3) is 0 Å². The van der Waals surface area contributed by atoms with Gasteiger partial charge in [-0.15, -0.1) is 0 Å². The summed E-state index contributed by atoms with van der Waals surface area (Å²) in [4.78, 5) is 23.4. The fraction of sp³-hybridized carbons (Fsp3) is 0.222. The maximum absolute atomic E-state index is 11.8. The lowest BCUT2D eigenvalue weighted by atomic mass is 10.1. The van der Waals surface area contributed by atoms with Gasteiger partial charge in [-0.1, -0.05) is 30.3 Å². The Balaban J connectivity index is 1.67. The minimum absolute atomic E-state index is 0.143. The molecule has 2 aromatic carbocycles. The summed E-state index contributed by atoms with van der Waals surface area (Å²) in [6, 6.07) is 16.3. The van der Waals surface area contributed by atoms with Crippen LogP contribution in [-0.2, 0) is 16.0 Å². The first-order chi connectivity index (χ1) is 11.2. The molecule has 0 aliphatic heterocycles. The molecular formula is C18H19NO4. The first kappa shape index (κ1) is 16.5. The van der Waals surface area contributed by atoms with Gasteiger partial charge in [0.1, 0.15) is 12.3 Å². The van der Waals surface area contributed by atoms with E-state index >= 15 is 0 Å². The maximum Gasteiger partial charge on any atom is 0.325 e. The number of esters is 1. The van der Waals surface area contributed by atoms with Crippen molar-refractivity contribution >= 4 is 11.9 Å². The van der Waals surface area contributed by atoms with Crippen LogP contribution >= 0.6 is 0 Å². The topological polar surface area (TPSA) is 64.6 Å². The molecule has 5 nitrogen and oxygen atoms in total. The summed E-state index contributed by atoms with van der Waals surface area (Å²) < 4.78 is 10.2. The average Bonchev–Trinajstić information content (AvgIpc) is 2.61. The highest BCUT2D eigenvalue weighted by Crippen LogP contribution is 2.11. The molecule has 2 rings (SSSR count). The summed E-state index contributed by atoms with van der Waals surface area (Å²) in [7, 11) is 1.61. The zero-order chi connectivity index (χ0) is 16.5. The molecule has 0 radical (unpaired) electrons. The zero-order valence-corrected chi connectivity index (χ0v) is 13.0. The molecular weight excluding hydrogens is 294 g/mol. The van der Waals surface area contributed by atoms with Gasteiger partial charge in [0.05, 0.1) is 13.7 Å². The largest absolute Gasteiger partial charge is 0.497 e. The summed E-state index contributed by atoms with van der Waals surface area (Å²) in [5, 5.41) is 2.53. The molecule has 0 saturated heterocycles. The van der Waals surface area contributed by atoms with Gasteiger partial charge in [-0.25, -0.2) is 0 Å². The molecule has 0 saturated carbocycles. The number of hydrogen-bond donors (Lipinski definition) is 1. The first-order valence-corrected chi connectivity index (χ1v) is 7.31. The van der Waals surface area contributed by atoms with E-state index in [-0.39, 0.29) is 19.1 Å². The predicted molar refractivity (Wildman–Crippen MR) is 86.4 cm³/mol. The van der Waals surface area contributed by atoms with E-state index in [2.05, 4.69) is 5.32 Å². The predicted octanol–water partition coefficient (Wildman–Crippen LogP) is 2.21. The molecule has 2 aromatic rings. The van der Waals surface area contributed by atoms with Crippen LogP contribution in [0.2, 0.25) is 0 Å². The van der Waals surface area contributed by atoms with Crippen molar-refractivity contribution in [3.05, 3.63) is 65.7 Å². The molecule has 0 fully saturated rings. The molecule has 5 heteroatoms. The number of carbonyl (C=O) groups is 2. The van der Waals surface area contributed by atoms with Crippen molar-refractivity contribution in [2.24, 2.45) is 0 Å². The summed E-state index contributed by atoms with van der Waals surface area (Å²) >= 11 is 0. The summed E-state index contributed by atoms with van der Waals surface area (Å²) in [6.45, 7) is 0.128. The Bertz CT molecular complexity index is 638. The van der Waals surface area contributed by atoms with E-state index in [9.17, 15) is 9.59 Å². The van der Waals surface area contributed by atoms with Crippen molar-refractivity contribution in [1.29, 1.82) is 0 Å². The minimum atomic E-state index is -0.456. The van der Waals surface area contributed by atoms with Gasteiger partial charge in [0.15, 0.2) is 0 Å². The molecule has 0 aromatic heterocycles. The Hall–Kier alpha value is -2.82. The van der Waals surface area contributed by atoms with Gasteiger partial charge in [-0.3, -0.25) is 9.59 Å². The Kier molecular flexibility index (Phi) is 6.17. The lowest BCUT2D eigenvalue weighted by Crippen LogP contribution is -2.30. The summed E-state index contributed by atoms with van der Waals surface area (Å²) in [5.74, 6) is 0.0369. The highest BCUT2D eigenvalue weighted by atomic mass is 16.5. The van der Waals surface area contributed by atoms with Crippen molar-refractivity contribution in [2.75, 3.05) is 20.3 Å². The lowest BCUT2D eigenvalue weighted by molar-refractivity contribution is -0.142. The second-order valence-electron chi connectivity index (χ2n) is 4.87. The van der Waals surface area contributed by atoms with E-state index in [4.69, 9.17) is 9.47 Å². The normalized spacial score (nSPS) is 9.96. The Morgan fingerprint density at radius 2 is 1.70 bits per heavy atom. The van der Waals surface area contributed by atoms with E-state index in [0.29, 0.717) is 12.0 Å². The molecule has 0 bridgehead atoms. The summed E-state index contributed by atoms with van der Waals surface area (Å²) in [5.41, 5.74) is 1.56. The van der Waals surface area contributed by atoms with Crippen LogP contribution < -0.4 is 10.1 Å². The van der Waals surface area contributed by atoms with Crippen LogP contribution in [0.15, 0.2) is 54.6 Å². The number of methoxy groups -OCH3 is 1. The van der Waals surface area contributed by atoms with Crippen LogP contribution in [-0.4, -0.2) is 32.1 Å². The monoisotopic (exact) mass is 313 g/mol. The van der Waals surface area contributed by atoms with E-state index < -0.39 is 5.97 Å². The number of rotatable bonds is 7. The molecule has 0 heterocycles. The van der Waals surface area contributed by atoms with Gasteiger partial charge >= 0.3 is 5.97 Å². The van der Waals surface area contributed by atoms with Crippen molar-refractivity contribution in [3.8, 4) is 5.75 Å². The maximum atomic E-state index is 11.8. The number of amides is 1. The fourth-order valence-corrected chi connectivity index (χ4v) is 1.97. The second kappa shape index (κ2) is 8.58. The zero-order valence-electron chi connectivity index (χ0n) is 13.0. The van der Waals surface area contributed by atoms with Gasteiger partial charge in [-0.05, 0) is 29.8 Å². The molecule has 0 aliphatic rings. The van der Waals surface area contributed by atoms with Crippen molar-refractivity contribution < 1.29 is 19.1 Å². The van der Waals surface area contributed by atoms with Crippen LogP contribution in [0.5, 0.6) is 5.75 Å². The lowest BCUT2D eigenvalue weighted by Gasteiger charge is -2.07. The van der Waals surface area contributed by atoms with Crippen LogP contribution in [0.4, 0.5) is 0 Å². The van der Waals surface area contributed by atoms with Gasteiger partial charge in [0.25, 0.3) is 5.91 Å². The third-order valence-corrected chi connectivity index (χ3v) is 3.24. The second-order valence-corrected chi connectivity index (χ2v) is 4.87. The quantitative estimate of drug-likeness (QED) is 0.796. The standard InChI is InChI=1S/C18H19NO4/c1-22-16-9-7-14(8-10-16)11-12-23-17(20)13-19-18(21)15-5-3-2-4-6-15/h2-10H,11-13H2,1H3,(H,19,21). The number of carbonyl (C=O) groups excluding carboxylic acids is 2. The molecule has 23 heavy (non-hydrogen) atoms. The Morgan fingerprint density at radius 3 is 2.35 bits per heavy atom.